The zero-order valence-electron chi connectivity index (χ0n) is 7.64. The molecule has 0 saturated carbocycles. The van der Waals surface area contributed by atoms with E-state index in [0.717, 1.165) is 5.57 Å². The van der Waals surface area contributed by atoms with E-state index in [4.69, 9.17) is 5.11 Å². The number of aliphatic carboxylic acids is 1. The van der Waals surface area contributed by atoms with Crippen LogP contribution in [0.25, 0.3) is 0 Å². The molecule has 0 aromatic heterocycles. The molecule has 64 valence electrons. The quantitative estimate of drug-likeness (QED) is 0.637. The highest BCUT2D eigenvalue weighted by molar-refractivity contribution is 5.76. The Morgan fingerprint density at radius 3 is 2.09 bits per heavy atom. The Bertz CT molecular complexity index is 178. The standard InChI is InChI=1S/C9H16O2/c1-5-9(4,8(10)11)6-7(2)3/h6H,5H2,1-4H3,(H,10,11)/t9-/m1/s1. The van der Waals surface area contributed by atoms with Crippen molar-refractivity contribution in [2.75, 3.05) is 0 Å². The van der Waals surface area contributed by atoms with Gasteiger partial charge in [-0.25, -0.2) is 0 Å². The minimum Gasteiger partial charge on any atom is -0.481 e. The Kier molecular flexibility index (Phi) is 3.30. The zero-order chi connectivity index (χ0) is 9.07. The van der Waals surface area contributed by atoms with Crippen molar-refractivity contribution < 1.29 is 9.90 Å². The Labute approximate surface area is 67.9 Å². The number of carboxylic acid groups (broad SMARTS) is 1. The van der Waals surface area contributed by atoms with Crippen molar-refractivity contribution >= 4 is 5.97 Å². The van der Waals surface area contributed by atoms with E-state index in [2.05, 4.69) is 0 Å². The van der Waals surface area contributed by atoms with Crippen molar-refractivity contribution in [3.63, 3.8) is 0 Å². The van der Waals surface area contributed by atoms with Crippen molar-refractivity contribution in [3.8, 4) is 0 Å². The van der Waals surface area contributed by atoms with E-state index in [1.165, 1.54) is 0 Å². The largest absolute Gasteiger partial charge is 0.481 e. The monoisotopic (exact) mass is 156 g/mol. The van der Waals surface area contributed by atoms with Crippen LogP contribution in [0.3, 0.4) is 0 Å². The summed E-state index contributed by atoms with van der Waals surface area (Å²) in [5, 5.41) is 8.84. The number of allylic oxidation sites excluding steroid dienone is 1. The highest BCUT2D eigenvalue weighted by Gasteiger charge is 2.27. The maximum atomic E-state index is 10.7. The molecule has 0 radical (unpaired) electrons. The molecule has 0 aliphatic heterocycles. The van der Waals surface area contributed by atoms with Crippen LogP contribution >= 0.6 is 0 Å². The molecule has 1 N–H and O–H groups in total. The lowest BCUT2D eigenvalue weighted by Crippen LogP contribution is -2.24. The molecule has 1 atom stereocenters. The van der Waals surface area contributed by atoms with E-state index < -0.39 is 11.4 Å². The lowest BCUT2D eigenvalue weighted by Gasteiger charge is -2.18. The first kappa shape index (κ1) is 10.2. The van der Waals surface area contributed by atoms with Gasteiger partial charge in [0.05, 0.1) is 5.41 Å². The average Bonchev–Trinajstić information content (AvgIpc) is 1.86. The maximum Gasteiger partial charge on any atom is 0.313 e. The van der Waals surface area contributed by atoms with Gasteiger partial charge in [-0.1, -0.05) is 18.6 Å². The van der Waals surface area contributed by atoms with Crippen LogP contribution in [0.2, 0.25) is 0 Å². The summed E-state index contributed by atoms with van der Waals surface area (Å²) in [4.78, 5) is 10.7. The van der Waals surface area contributed by atoms with Crippen molar-refractivity contribution in [3.05, 3.63) is 11.6 Å². The molecule has 0 aromatic rings. The van der Waals surface area contributed by atoms with Gasteiger partial charge in [0.25, 0.3) is 0 Å². The Balaban J connectivity index is 4.62. The summed E-state index contributed by atoms with van der Waals surface area (Å²) in [5.74, 6) is -0.749. The first-order valence-electron chi connectivity index (χ1n) is 3.82. The smallest absolute Gasteiger partial charge is 0.313 e. The minimum absolute atomic E-state index is 0.632. The van der Waals surface area contributed by atoms with Gasteiger partial charge in [0.2, 0.25) is 0 Å². The van der Waals surface area contributed by atoms with E-state index in [1.54, 1.807) is 13.0 Å². The fourth-order valence-electron chi connectivity index (χ4n) is 0.952. The van der Waals surface area contributed by atoms with Crippen LogP contribution in [0.1, 0.15) is 34.1 Å². The van der Waals surface area contributed by atoms with Crippen LogP contribution in [0.15, 0.2) is 11.6 Å². The van der Waals surface area contributed by atoms with Crippen LogP contribution < -0.4 is 0 Å². The topological polar surface area (TPSA) is 37.3 Å². The molecule has 0 saturated heterocycles. The van der Waals surface area contributed by atoms with E-state index in [1.807, 2.05) is 20.8 Å². The van der Waals surface area contributed by atoms with Gasteiger partial charge < -0.3 is 5.11 Å². The number of carboxylic acids is 1. The van der Waals surface area contributed by atoms with Crippen LogP contribution in [-0.4, -0.2) is 11.1 Å². The second-order valence-electron chi connectivity index (χ2n) is 3.30. The molecule has 0 rings (SSSR count). The molecule has 0 unspecified atom stereocenters. The van der Waals surface area contributed by atoms with Gasteiger partial charge in [-0.3, -0.25) is 4.79 Å². The zero-order valence-corrected chi connectivity index (χ0v) is 7.64. The normalized spacial score (nSPS) is 15.3. The van der Waals surface area contributed by atoms with Gasteiger partial charge in [0.15, 0.2) is 0 Å². The second-order valence-corrected chi connectivity index (χ2v) is 3.30. The predicted octanol–water partition coefficient (Wildman–Crippen LogP) is 2.45. The number of rotatable bonds is 3. The summed E-state index contributed by atoms with van der Waals surface area (Å²) < 4.78 is 0. The molecule has 0 heterocycles. The third-order valence-corrected chi connectivity index (χ3v) is 1.83. The van der Waals surface area contributed by atoms with Crippen LogP contribution in [-0.2, 0) is 4.79 Å². The Morgan fingerprint density at radius 2 is 2.00 bits per heavy atom. The minimum atomic E-state index is -0.749. The fourth-order valence-corrected chi connectivity index (χ4v) is 0.952. The highest BCUT2D eigenvalue weighted by Crippen LogP contribution is 2.24. The molecule has 0 amide bonds. The SMILES string of the molecule is CC[C@](C)(C=C(C)C)C(=O)O. The Hall–Kier alpha value is -0.790. The molecule has 0 aliphatic rings. The van der Waals surface area contributed by atoms with Crippen LogP contribution in [0, 0.1) is 5.41 Å². The molecule has 0 aliphatic carbocycles. The molecule has 0 aromatic carbocycles. The highest BCUT2D eigenvalue weighted by atomic mass is 16.4. The Morgan fingerprint density at radius 1 is 1.55 bits per heavy atom. The van der Waals surface area contributed by atoms with Gasteiger partial charge in [-0.05, 0) is 27.2 Å². The summed E-state index contributed by atoms with van der Waals surface area (Å²) >= 11 is 0. The van der Waals surface area contributed by atoms with Crippen molar-refractivity contribution in [1.82, 2.24) is 0 Å². The second kappa shape index (κ2) is 3.56. The third-order valence-electron chi connectivity index (χ3n) is 1.83. The molecule has 2 heteroatoms. The van der Waals surface area contributed by atoms with E-state index in [0.29, 0.717) is 6.42 Å². The molecular formula is C9H16O2. The third kappa shape index (κ3) is 2.74. The molecular weight excluding hydrogens is 140 g/mol. The van der Waals surface area contributed by atoms with Crippen molar-refractivity contribution in [2.45, 2.75) is 34.1 Å². The first-order valence-corrected chi connectivity index (χ1v) is 3.82. The van der Waals surface area contributed by atoms with E-state index >= 15 is 0 Å². The first-order chi connectivity index (χ1) is 4.92. The van der Waals surface area contributed by atoms with Crippen LogP contribution in [0.4, 0.5) is 0 Å². The van der Waals surface area contributed by atoms with E-state index in [9.17, 15) is 4.79 Å². The van der Waals surface area contributed by atoms with Crippen molar-refractivity contribution in [1.29, 1.82) is 0 Å². The van der Waals surface area contributed by atoms with Crippen LogP contribution in [0.5, 0.6) is 0 Å². The average molecular weight is 156 g/mol. The number of carbonyl (C=O) groups is 1. The molecule has 0 bridgehead atoms. The van der Waals surface area contributed by atoms with Gasteiger partial charge >= 0.3 is 5.97 Å². The fraction of sp³-hybridized carbons (Fsp3) is 0.667. The van der Waals surface area contributed by atoms with Gasteiger partial charge in [-0.15, -0.1) is 0 Å². The van der Waals surface area contributed by atoms with Gasteiger partial charge in [0, 0.05) is 0 Å². The predicted molar refractivity (Wildman–Crippen MR) is 45.5 cm³/mol. The summed E-state index contributed by atoms with van der Waals surface area (Å²) in [6.07, 6.45) is 2.43. The molecule has 2 nitrogen and oxygen atoms in total. The summed E-state index contributed by atoms with van der Waals surface area (Å²) in [6, 6.07) is 0. The van der Waals surface area contributed by atoms with Gasteiger partial charge in [-0.2, -0.15) is 0 Å². The summed E-state index contributed by atoms with van der Waals surface area (Å²) in [7, 11) is 0. The maximum absolute atomic E-state index is 10.7. The lowest BCUT2D eigenvalue weighted by atomic mass is 9.86. The lowest BCUT2D eigenvalue weighted by molar-refractivity contribution is -0.145. The summed E-state index contributed by atoms with van der Waals surface area (Å²) in [6.45, 7) is 7.45. The van der Waals surface area contributed by atoms with Crippen molar-refractivity contribution in [2.24, 2.45) is 5.41 Å². The molecule has 0 fully saturated rings. The number of hydrogen-bond acceptors (Lipinski definition) is 1. The van der Waals surface area contributed by atoms with Gasteiger partial charge in [0.1, 0.15) is 0 Å². The summed E-state index contributed by atoms with van der Waals surface area (Å²) in [5.41, 5.74) is 0.371. The molecule has 11 heavy (non-hydrogen) atoms. The number of hydrogen-bond donors (Lipinski definition) is 1. The van der Waals surface area contributed by atoms with E-state index in [-0.39, 0.29) is 0 Å². The molecule has 0 spiro atoms.